The van der Waals surface area contributed by atoms with Gasteiger partial charge in [0.25, 0.3) is 11.8 Å². The van der Waals surface area contributed by atoms with Crippen LogP contribution in [0.25, 0.3) is 0 Å². The van der Waals surface area contributed by atoms with E-state index in [9.17, 15) is 14.4 Å². The Kier molecular flexibility index (Phi) is 5.47. The Morgan fingerprint density at radius 2 is 1.52 bits per heavy atom. The number of carbonyl (C=O) groups is 3. The van der Waals surface area contributed by atoms with E-state index in [4.69, 9.17) is 0 Å². The molecular formula is C24H26N2O3. The molecule has 0 unspecified atom stereocenters. The second kappa shape index (κ2) is 8.19. The fraction of sp³-hybridized carbons (Fsp3) is 0.375. The van der Waals surface area contributed by atoms with Gasteiger partial charge in [-0.15, -0.1) is 0 Å². The number of hydrogen-bond acceptors (Lipinski definition) is 3. The zero-order valence-electron chi connectivity index (χ0n) is 16.8. The van der Waals surface area contributed by atoms with Crippen molar-refractivity contribution in [2.75, 3.05) is 19.6 Å². The highest BCUT2D eigenvalue weighted by Gasteiger charge is 2.37. The maximum atomic E-state index is 12.7. The molecule has 2 aromatic rings. The molecule has 2 aliphatic rings. The monoisotopic (exact) mass is 390 g/mol. The Morgan fingerprint density at radius 1 is 0.931 bits per heavy atom. The molecule has 29 heavy (non-hydrogen) atoms. The van der Waals surface area contributed by atoms with Gasteiger partial charge in [0.15, 0.2) is 0 Å². The summed E-state index contributed by atoms with van der Waals surface area (Å²) in [5.74, 6) is -0.269. The van der Waals surface area contributed by atoms with Crippen molar-refractivity contribution in [1.29, 1.82) is 0 Å². The van der Waals surface area contributed by atoms with Gasteiger partial charge in [-0.2, -0.15) is 0 Å². The van der Waals surface area contributed by atoms with E-state index in [-0.39, 0.29) is 24.3 Å². The average molecular weight is 390 g/mol. The molecule has 2 aromatic carbocycles. The minimum atomic E-state index is -0.369. The number of piperidine rings is 1. The molecular weight excluding hydrogens is 364 g/mol. The van der Waals surface area contributed by atoms with E-state index in [1.165, 1.54) is 11.1 Å². The first-order valence-corrected chi connectivity index (χ1v) is 10.3. The molecule has 1 saturated heterocycles. The van der Waals surface area contributed by atoms with Gasteiger partial charge in [-0.1, -0.05) is 42.0 Å². The lowest BCUT2D eigenvalue weighted by molar-refractivity contribution is -0.132. The van der Waals surface area contributed by atoms with E-state index < -0.39 is 0 Å². The molecule has 150 valence electrons. The van der Waals surface area contributed by atoms with Crippen molar-refractivity contribution >= 4 is 17.7 Å². The number of rotatable bonds is 5. The summed E-state index contributed by atoms with van der Waals surface area (Å²) >= 11 is 0. The van der Waals surface area contributed by atoms with Crippen LogP contribution in [-0.2, 0) is 11.2 Å². The topological polar surface area (TPSA) is 57.7 Å². The Labute approximate surface area is 171 Å². The normalized spacial score (nSPS) is 17.0. The predicted molar refractivity (Wildman–Crippen MR) is 111 cm³/mol. The van der Waals surface area contributed by atoms with Gasteiger partial charge in [-0.25, -0.2) is 0 Å². The average Bonchev–Trinajstić information content (AvgIpc) is 2.99. The summed E-state index contributed by atoms with van der Waals surface area (Å²) in [4.78, 5) is 40.5. The molecule has 0 radical (unpaired) electrons. The molecule has 0 aliphatic carbocycles. The summed E-state index contributed by atoms with van der Waals surface area (Å²) in [5.41, 5.74) is 3.42. The lowest BCUT2D eigenvalue weighted by atomic mass is 9.90. The summed E-state index contributed by atoms with van der Waals surface area (Å²) in [6.07, 6.45) is 4.14. The highest BCUT2D eigenvalue weighted by atomic mass is 16.2. The van der Waals surface area contributed by atoms with Gasteiger partial charge in [0.05, 0.1) is 11.1 Å². The predicted octanol–water partition coefficient (Wildman–Crippen LogP) is 3.46. The van der Waals surface area contributed by atoms with Crippen molar-refractivity contribution in [3.05, 3.63) is 70.8 Å². The molecule has 0 N–H and O–H groups in total. The van der Waals surface area contributed by atoms with Crippen molar-refractivity contribution in [1.82, 2.24) is 9.80 Å². The maximum Gasteiger partial charge on any atom is 0.262 e. The number of fused-ring (bicyclic) bond motifs is 1. The van der Waals surface area contributed by atoms with Gasteiger partial charge in [0.2, 0.25) is 5.91 Å². The summed E-state index contributed by atoms with van der Waals surface area (Å²) in [5, 5.41) is 0. The van der Waals surface area contributed by atoms with Crippen LogP contribution in [0.5, 0.6) is 0 Å². The standard InChI is InChI=1S/C24H26N2O3/c1-17-6-8-18(9-7-17)10-11-19-12-14-25(15-13-19)22(27)16-26-23(28)20-4-2-3-5-21(20)24(26)29/h2-9,19H,10-16H2,1H3. The molecule has 1 fully saturated rings. The summed E-state index contributed by atoms with van der Waals surface area (Å²) < 4.78 is 0. The van der Waals surface area contributed by atoms with Gasteiger partial charge in [-0.05, 0) is 56.2 Å². The smallest absolute Gasteiger partial charge is 0.262 e. The molecule has 2 heterocycles. The molecule has 5 nitrogen and oxygen atoms in total. The molecule has 5 heteroatoms. The Bertz CT molecular complexity index is 892. The minimum Gasteiger partial charge on any atom is -0.341 e. The minimum absolute atomic E-state index is 0.142. The van der Waals surface area contributed by atoms with Crippen LogP contribution in [0.3, 0.4) is 0 Å². The van der Waals surface area contributed by atoms with Crippen LogP contribution < -0.4 is 0 Å². The third-order valence-corrected chi connectivity index (χ3v) is 6.10. The lowest BCUT2D eigenvalue weighted by Gasteiger charge is -2.33. The molecule has 0 bridgehead atoms. The van der Waals surface area contributed by atoms with Crippen molar-refractivity contribution in [3.8, 4) is 0 Å². The summed E-state index contributed by atoms with van der Waals surface area (Å²) in [7, 11) is 0. The van der Waals surface area contributed by atoms with Crippen molar-refractivity contribution in [2.24, 2.45) is 5.92 Å². The van der Waals surface area contributed by atoms with E-state index in [0.717, 1.165) is 30.6 Å². The van der Waals surface area contributed by atoms with Crippen molar-refractivity contribution < 1.29 is 14.4 Å². The second-order valence-electron chi connectivity index (χ2n) is 8.09. The van der Waals surface area contributed by atoms with Crippen LogP contribution in [-0.4, -0.2) is 47.2 Å². The van der Waals surface area contributed by atoms with Crippen LogP contribution in [0.1, 0.15) is 51.1 Å². The molecule has 0 atom stereocenters. The summed E-state index contributed by atoms with van der Waals surface area (Å²) in [6.45, 7) is 3.32. The van der Waals surface area contributed by atoms with Crippen LogP contribution in [0.15, 0.2) is 48.5 Å². The van der Waals surface area contributed by atoms with Gasteiger partial charge in [0.1, 0.15) is 6.54 Å². The zero-order chi connectivity index (χ0) is 20.4. The second-order valence-corrected chi connectivity index (χ2v) is 8.09. The molecule has 2 aliphatic heterocycles. The van der Waals surface area contributed by atoms with Crippen LogP contribution >= 0.6 is 0 Å². The van der Waals surface area contributed by atoms with Crippen LogP contribution in [0, 0.1) is 12.8 Å². The van der Waals surface area contributed by atoms with Crippen molar-refractivity contribution in [2.45, 2.75) is 32.6 Å². The number of aryl methyl sites for hydroxylation is 2. The maximum absolute atomic E-state index is 12.7. The van der Waals surface area contributed by atoms with Crippen LogP contribution in [0.4, 0.5) is 0 Å². The van der Waals surface area contributed by atoms with Crippen LogP contribution in [0.2, 0.25) is 0 Å². The zero-order valence-corrected chi connectivity index (χ0v) is 16.8. The van der Waals surface area contributed by atoms with Gasteiger partial charge < -0.3 is 4.90 Å². The highest BCUT2D eigenvalue weighted by molar-refractivity contribution is 6.22. The fourth-order valence-electron chi connectivity index (χ4n) is 4.21. The van der Waals surface area contributed by atoms with Gasteiger partial charge in [-0.3, -0.25) is 19.3 Å². The molecule has 0 spiro atoms. The summed E-state index contributed by atoms with van der Waals surface area (Å²) in [6, 6.07) is 15.4. The number of imide groups is 1. The number of carbonyl (C=O) groups excluding carboxylic acids is 3. The van der Waals surface area contributed by atoms with E-state index in [0.29, 0.717) is 30.1 Å². The fourth-order valence-corrected chi connectivity index (χ4v) is 4.21. The van der Waals surface area contributed by atoms with Gasteiger partial charge >= 0.3 is 0 Å². The quantitative estimate of drug-likeness (QED) is 0.735. The Balaban J connectivity index is 1.27. The third kappa shape index (κ3) is 4.09. The van der Waals surface area contributed by atoms with Gasteiger partial charge in [0, 0.05) is 13.1 Å². The molecule has 0 saturated carbocycles. The van der Waals surface area contributed by atoms with E-state index >= 15 is 0 Å². The molecule has 3 amide bonds. The third-order valence-electron chi connectivity index (χ3n) is 6.10. The first-order chi connectivity index (χ1) is 14.0. The van der Waals surface area contributed by atoms with E-state index in [2.05, 4.69) is 31.2 Å². The number of benzene rings is 2. The first-order valence-electron chi connectivity index (χ1n) is 10.3. The Morgan fingerprint density at radius 3 is 2.10 bits per heavy atom. The Hall–Kier alpha value is -2.95. The lowest BCUT2D eigenvalue weighted by Crippen LogP contribution is -2.45. The SMILES string of the molecule is Cc1ccc(CCC2CCN(C(=O)CN3C(=O)c4ccccc4C3=O)CC2)cc1. The number of hydrogen-bond donors (Lipinski definition) is 0. The van der Waals surface area contributed by atoms with Crippen molar-refractivity contribution in [3.63, 3.8) is 0 Å². The number of likely N-dealkylation sites (tertiary alicyclic amines) is 1. The number of nitrogens with zero attached hydrogens (tertiary/aromatic N) is 2. The van der Waals surface area contributed by atoms with E-state index in [1.807, 2.05) is 0 Å². The molecule has 4 rings (SSSR count). The molecule has 0 aromatic heterocycles. The highest BCUT2D eigenvalue weighted by Crippen LogP contribution is 2.25. The van der Waals surface area contributed by atoms with E-state index in [1.54, 1.807) is 29.2 Å². The largest absolute Gasteiger partial charge is 0.341 e. The number of amides is 3. The first kappa shape index (κ1) is 19.4.